The molecule has 0 saturated heterocycles. The van der Waals surface area contributed by atoms with E-state index in [4.69, 9.17) is 5.73 Å². The zero-order chi connectivity index (χ0) is 12.6. The summed E-state index contributed by atoms with van der Waals surface area (Å²) in [5.41, 5.74) is 11.3. The smallest absolute Gasteiger partial charge is 0.0494 e. The lowest BCUT2D eigenvalue weighted by atomic mass is 9.97. The summed E-state index contributed by atoms with van der Waals surface area (Å²) in [6, 6.07) is 6.64. The van der Waals surface area contributed by atoms with E-state index in [9.17, 15) is 0 Å². The lowest BCUT2D eigenvalue weighted by Crippen LogP contribution is -2.09. The molecule has 3 N–H and O–H groups in total. The van der Waals surface area contributed by atoms with E-state index >= 15 is 0 Å². The van der Waals surface area contributed by atoms with Crippen molar-refractivity contribution in [3.05, 3.63) is 35.0 Å². The number of aromatic amines is 1. The van der Waals surface area contributed by atoms with E-state index in [1.807, 2.05) is 0 Å². The summed E-state index contributed by atoms with van der Waals surface area (Å²) in [6.45, 7) is 8.71. The highest BCUT2D eigenvalue weighted by molar-refractivity contribution is 5.88. The van der Waals surface area contributed by atoms with Gasteiger partial charge in [0.25, 0.3) is 0 Å². The van der Waals surface area contributed by atoms with Crippen LogP contribution in [0.15, 0.2) is 18.2 Å². The highest BCUT2D eigenvalue weighted by atomic mass is 14.7. The highest BCUT2D eigenvalue weighted by Gasteiger charge is 2.16. The molecule has 0 radical (unpaired) electrons. The molecule has 2 rings (SSSR count). The van der Waals surface area contributed by atoms with E-state index < -0.39 is 0 Å². The van der Waals surface area contributed by atoms with Crippen molar-refractivity contribution in [1.82, 2.24) is 4.98 Å². The molecular formula is C15H22N2. The van der Waals surface area contributed by atoms with Crippen molar-refractivity contribution in [3.63, 3.8) is 0 Å². The van der Waals surface area contributed by atoms with E-state index in [1.165, 1.54) is 27.7 Å². The van der Waals surface area contributed by atoms with Crippen molar-refractivity contribution < 1.29 is 0 Å². The standard InChI is InChI=1S/C15H22N2/c1-5-13(16)14-10(4)17-15-11(9(2)3)7-6-8-12(14)15/h6-9,13,17H,5,16H2,1-4H3. The Bertz CT molecular complexity index is 523. The summed E-state index contributed by atoms with van der Waals surface area (Å²) < 4.78 is 0. The first-order valence-electron chi connectivity index (χ1n) is 6.42. The van der Waals surface area contributed by atoms with Crippen molar-refractivity contribution in [3.8, 4) is 0 Å². The fourth-order valence-corrected chi connectivity index (χ4v) is 2.55. The summed E-state index contributed by atoms with van der Waals surface area (Å²) in [5, 5.41) is 1.29. The van der Waals surface area contributed by atoms with Crippen LogP contribution in [-0.2, 0) is 0 Å². The van der Waals surface area contributed by atoms with Gasteiger partial charge in [0.2, 0.25) is 0 Å². The van der Waals surface area contributed by atoms with Gasteiger partial charge in [0, 0.05) is 22.6 Å². The van der Waals surface area contributed by atoms with Gasteiger partial charge in [-0.3, -0.25) is 0 Å². The average molecular weight is 230 g/mol. The van der Waals surface area contributed by atoms with Gasteiger partial charge < -0.3 is 10.7 Å². The molecule has 2 heteroatoms. The van der Waals surface area contributed by atoms with Crippen LogP contribution in [-0.4, -0.2) is 4.98 Å². The summed E-state index contributed by atoms with van der Waals surface area (Å²) in [4.78, 5) is 3.51. The third-order valence-corrected chi connectivity index (χ3v) is 3.54. The zero-order valence-electron chi connectivity index (χ0n) is 11.2. The molecule has 1 heterocycles. The molecule has 0 spiro atoms. The van der Waals surface area contributed by atoms with Gasteiger partial charge in [-0.05, 0) is 30.4 Å². The average Bonchev–Trinajstić information content (AvgIpc) is 2.63. The minimum Gasteiger partial charge on any atom is -0.358 e. The second-order valence-electron chi connectivity index (χ2n) is 5.10. The van der Waals surface area contributed by atoms with Crippen molar-refractivity contribution in [1.29, 1.82) is 0 Å². The Kier molecular flexibility index (Phi) is 3.25. The molecule has 0 amide bonds. The summed E-state index contributed by atoms with van der Waals surface area (Å²) >= 11 is 0. The van der Waals surface area contributed by atoms with Gasteiger partial charge >= 0.3 is 0 Å². The van der Waals surface area contributed by atoms with Crippen molar-refractivity contribution >= 4 is 10.9 Å². The van der Waals surface area contributed by atoms with Crippen LogP contribution in [0.1, 0.15) is 56.0 Å². The topological polar surface area (TPSA) is 41.8 Å². The number of aryl methyl sites for hydroxylation is 1. The Morgan fingerprint density at radius 2 is 2.00 bits per heavy atom. The van der Waals surface area contributed by atoms with E-state index in [0.717, 1.165) is 6.42 Å². The van der Waals surface area contributed by atoms with Crippen LogP contribution < -0.4 is 5.73 Å². The van der Waals surface area contributed by atoms with E-state index in [2.05, 4.69) is 50.9 Å². The largest absolute Gasteiger partial charge is 0.358 e. The maximum atomic E-state index is 6.21. The molecule has 17 heavy (non-hydrogen) atoms. The van der Waals surface area contributed by atoms with Crippen molar-refractivity contribution in [2.75, 3.05) is 0 Å². The number of nitrogens with two attached hydrogens (primary N) is 1. The number of rotatable bonds is 3. The number of aromatic nitrogens is 1. The quantitative estimate of drug-likeness (QED) is 0.822. The molecule has 0 bridgehead atoms. The molecule has 1 aromatic carbocycles. The lowest BCUT2D eigenvalue weighted by molar-refractivity contribution is 0.699. The Morgan fingerprint density at radius 3 is 2.59 bits per heavy atom. The number of para-hydroxylation sites is 1. The number of H-pyrrole nitrogens is 1. The second-order valence-corrected chi connectivity index (χ2v) is 5.10. The van der Waals surface area contributed by atoms with Crippen LogP contribution in [0.25, 0.3) is 10.9 Å². The first-order chi connectivity index (χ1) is 8.06. The second kappa shape index (κ2) is 4.53. The first kappa shape index (κ1) is 12.2. The predicted molar refractivity (Wildman–Crippen MR) is 74.3 cm³/mol. The first-order valence-corrected chi connectivity index (χ1v) is 6.42. The lowest BCUT2D eigenvalue weighted by Gasteiger charge is -2.10. The third-order valence-electron chi connectivity index (χ3n) is 3.54. The van der Waals surface area contributed by atoms with Gasteiger partial charge in [-0.25, -0.2) is 0 Å². The molecule has 92 valence electrons. The van der Waals surface area contributed by atoms with Crippen LogP contribution >= 0.6 is 0 Å². The Labute approximate surface area is 103 Å². The molecule has 0 aliphatic carbocycles. The molecule has 1 atom stereocenters. The van der Waals surface area contributed by atoms with Gasteiger partial charge in [0.1, 0.15) is 0 Å². The van der Waals surface area contributed by atoms with Crippen LogP contribution in [0.4, 0.5) is 0 Å². The van der Waals surface area contributed by atoms with Gasteiger partial charge in [-0.1, -0.05) is 39.0 Å². The maximum absolute atomic E-state index is 6.21. The molecular weight excluding hydrogens is 208 g/mol. The molecule has 2 nitrogen and oxygen atoms in total. The number of hydrogen-bond acceptors (Lipinski definition) is 1. The normalized spacial score (nSPS) is 13.5. The SMILES string of the molecule is CCC(N)c1c(C)[nH]c2c(C(C)C)cccc12. The van der Waals surface area contributed by atoms with Crippen molar-refractivity contribution in [2.24, 2.45) is 5.73 Å². The van der Waals surface area contributed by atoms with E-state index in [-0.39, 0.29) is 6.04 Å². The Balaban J connectivity index is 2.71. The Morgan fingerprint density at radius 1 is 1.29 bits per heavy atom. The summed E-state index contributed by atoms with van der Waals surface area (Å²) in [5.74, 6) is 0.530. The number of benzene rings is 1. The maximum Gasteiger partial charge on any atom is 0.0494 e. The molecule has 0 aliphatic heterocycles. The molecule has 1 unspecified atom stereocenters. The zero-order valence-corrected chi connectivity index (χ0v) is 11.2. The fourth-order valence-electron chi connectivity index (χ4n) is 2.55. The molecule has 1 aromatic heterocycles. The Hall–Kier alpha value is -1.28. The van der Waals surface area contributed by atoms with Gasteiger partial charge in [-0.2, -0.15) is 0 Å². The van der Waals surface area contributed by atoms with Gasteiger partial charge in [-0.15, -0.1) is 0 Å². The van der Waals surface area contributed by atoms with E-state index in [0.29, 0.717) is 5.92 Å². The monoisotopic (exact) mass is 230 g/mol. The molecule has 0 saturated carbocycles. The summed E-state index contributed by atoms with van der Waals surface area (Å²) in [6.07, 6.45) is 0.972. The van der Waals surface area contributed by atoms with Crippen LogP contribution in [0.3, 0.4) is 0 Å². The van der Waals surface area contributed by atoms with Gasteiger partial charge in [0.15, 0.2) is 0 Å². The molecule has 0 aliphatic rings. The van der Waals surface area contributed by atoms with Crippen LogP contribution in [0.2, 0.25) is 0 Å². The third kappa shape index (κ3) is 1.98. The predicted octanol–water partition coefficient (Wildman–Crippen LogP) is 4.01. The summed E-state index contributed by atoms with van der Waals surface area (Å²) in [7, 11) is 0. The minimum atomic E-state index is 0.131. The number of hydrogen-bond donors (Lipinski definition) is 2. The molecule has 0 fully saturated rings. The van der Waals surface area contributed by atoms with Crippen molar-refractivity contribution in [2.45, 2.75) is 46.1 Å². The highest BCUT2D eigenvalue weighted by Crippen LogP contribution is 2.32. The van der Waals surface area contributed by atoms with Gasteiger partial charge in [0.05, 0.1) is 0 Å². The number of fused-ring (bicyclic) bond motifs is 1. The van der Waals surface area contributed by atoms with E-state index in [1.54, 1.807) is 0 Å². The minimum absolute atomic E-state index is 0.131. The molecule has 2 aromatic rings. The fraction of sp³-hybridized carbons (Fsp3) is 0.467. The number of nitrogens with one attached hydrogen (secondary N) is 1. The van der Waals surface area contributed by atoms with Crippen LogP contribution in [0, 0.1) is 6.92 Å². The van der Waals surface area contributed by atoms with Crippen LogP contribution in [0.5, 0.6) is 0 Å².